The fourth-order valence-corrected chi connectivity index (χ4v) is 2.85. The van der Waals surface area contributed by atoms with Crippen molar-refractivity contribution in [2.24, 2.45) is 0 Å². The minimum Gasteiger partial charge on any atom is -0.490 e. The van der Waals surface area contributed by atoms with Crippen LogP contribution in [0, 0.1) is 0 Å². The fraction of sp³-hybridized carbons (Fsp3) is 0.727. The van der Waals surface area contributed by atoms with E-state index in [1.807, 2.05) is 0 Å². The van der Waals surface area contributed by atoms with Crippen molar-refractivity contribution >= 4 is 22.4 Å². The van der Waals surface area contributed by atoms with Gasteiger partial charge in [0.15, 0.2) is 16.6 Å². The van der Waals surface area contributed by atoms with Crippen molar-refractivity contribution in [2.45, 2.75) is 25.8 Å². The topological polar surface area (TPSA) is 63.4 Å². The number of ether oxygens (including phenoxy) is 1. The van der Waals surface area contributed by atoms with Crippen LogP contribution in [-0.2, 0) is 0 Å². The average Bonchev–Trinajstić information content (AvgIpc) is 2.95. The molecule has 0 aromatic carbocycles. The quantitative estimate of drug-likeness (QED) is 0.838. The Labute approximate surface area is 106 Å². The minimum atomic E-state index is 0.467. The fourth-order valence-electron chi connectivity index (χ4n) is 2.16. The first-order valence-corrected chi connectivity index (χ1v) is 6.76. The van der Waals surface area contributed by atoms with Gasteiger partial charge in [0.2, 0.25) is 0 Å². The van der Waals surface area contributed by atoms with Gasteiger partial charge in [-0.3, -0.25) is 4.90 Å². The van der Waals surface area contributed by atoms with Crippen molar-refractivity contribution in [2.75, 3.05) is 37.8 Å². The molecule has 1 unspecified atom stereocenters. The van der Waals surface area contributed by atoms with Gasteiger partial charge in [-0.2, -0.15) is 4.37 Å². The number of nitrogen functional groups attached to an aromatic ring is 1. The summed E-state index contributed by atoms with van der Waals surface area (Å²) in [6, 6.07) is 0.533. The lowest BCUT2D eigenvalue weighted by atomic mass is 10.3. The highest BCUT2D eigenvalue weighted by molar-refractivity contribution is 7.11. The molecular formula is C11H20N4OS. The molecule has 6 heteroatoms. The smallest absolute Gasteiger partial charge is 0.197 e. The molecule has 1 aliphatic rings. The SMILES string of the molecule is COc1c(N)nsc1NCC(C)N1CCCC1. The third-order valence-electron chi connectivity index (χ3n) is 3.20. The summed E-state index contributed by atoms with van der Waals surface area (Å²) >= 11 is 1.36. The number of nitrogens with one attached hydrogen (secondary N) is 1. The highest BCUT2D eigenvalue weighted by Crippen LogP contribution is 2.34. The van der Waals surface area contributed by atoms with Crippen LogP contribution in [0.2, 0.25) is 0 Å². The lowest BCUT2D eigenvalue weighted by molar-refractivity contribution is 0.269. The summed E-state index contributed by atoms with van der Waals surface area (Å²) in [6.07, 6.45) is 2.64. The Balaban J connectivity index is 1.88. The van der Waals surface area contributed by atoms with Crippen LogP contribution >= 0.6 is 11.5 Å². The van der Waals surface area contributed by atoms with Crippen LogP contribution < -0.4 is 15.8 Å². The third-order valence-corrected chi connectivity index (χ3v) is 4.00. The molecule has 0 spiro atoms. The molecule has 5 nitrogen and oxygen atoms in total. The Hall–Kier alpha value is -1.01. The molecule has 0 amide bonds. The molecule has 2 heterocycles. The molecule has 1 atom stereocenters. The van der Waals surface area contributed by atoms with Gasteiger partial charge in [-0.25, -0.2) is 0 Å². The zero-order valence-electron chi connectivity index (χ0n) is 10.4. The molecule has 96 valence electrons. The number of nitrogens with zero attached hydrogens (tertiary/aromatic N) is 2. The Morgan fingerprint density at radius 3 is 2.88 bits per heavy atom. The van der Waals surface area contributed by atoms with Crippen molar-refractivity contribution in [3.63, 3.8) is 0 Å². The van der Waals surface area contributed by atoms with Gasteiger partial charge < -0.3 is 15.8 Å². The highest BCUT2D eigenvalue weighted by Gasteiger charge is 2.19. The van der Waals surface area contributed by atoms with Gasteiger partial charge in [0.05, 0.1) is 7.11 Å². The first kappa shape index (κ1) is 12.4. The largest absolute Gasteiger partial charge is 0.490 e. The first-order valence-electron chi connectivity index (χ1n) is 5.99. The maximum atomic E-state index is 5.70. The summed E-state index contributed by atoms with van der Waals surface area (Å²) < 4.78 is 9.30. The van der Waals surface area contributed by atoms with Gasteiger partial charge in [0.1, 0.15) is 0 Å². The molecule has 0 radical (unpaired) electrons. The van der Waals surface area contributed by atoms with Gasteiger partial charge in [0.25, 0.3) is 0 Å². The number of hydrogen-bond acceptors (Lipinski definition) is 6. The summed E-state index contributed by atoms with van der Waals surface area (Å²) in [7, 11) is 1.62. The zero-order chi connectivity index (χ0) is 12.3. The summed E-state index contributed by atoms with van der Waals surface area (Å²) in [6.45, 7) is 5.57. The Morgan fingerprint density at radius 1 is 1.53 bits per heavy atom. The van der Waals surface area contributed by atoms with Gasteiger partial charge in [-0.1, -0.05) is 0 Å². The van der Waals surface area contributed by atoms with Crippen LogP contribution in [0.3, 0.4) is 0 Å². The molecular weight excluding hydrogens is 236 g/mol. The third kappa shape index (κ3) is 2.81. The van der Waals surface area contributed by atoms with Gasteiger partial charge in [-0.05, 0) is 44.4 Å². The van der Waals surface area contributed by atoms with E-state index in [1.54, 1.807) is 7.11 Å². The van der Waals surface area contributed by atoms with Crippen molar-refractivity contribution in [3.05, 3.63) is 0 Å². The second-order valence-electron chi connectivity index (χ2n) is 4.40. The van der Waals surface area contributed by atoms with E-state index in [0.717, 1.165) is 11.5 Å². The standard InChI is InChI=1S/C11H20N4OS/c1-8(15-5-3-4-6-15)7-13-11-9(16-2)10(12)14-17-11/h8,13H,3-7H2,1-2H3,(H2,12,14). The number of anilines is 2. The second-order valence-corrected chi connectivity index (χ2v) is 5.18. The van der Waals surface area contributed by atoms with Crippen molar-refractivity contribution in [3.8, 4) is 5.75 Å². The lowest BCUT2D eigenvalue weighted by Gasteiger charge is -2.23. The van der Waals surface area contributed by atoms with Gasteiger partial charge in [0, 0.05) is 12.6 Å². The number of methoxy groups -OCH3 is 1. The van der Waals surface area contributed by atoms with Crippen LogP contribution in [-0.4, -0.2) is 42.1 Å². The lowest BCUT2D eigenvalue weighted by Crippen LogP contribution is -2.35. The number of aromatic nitrogens is 1. The van der Waals surface area contributed by atoms with Crippen molar-refractivity contribution in [1.82, 2.24) is 9.27 Å². The minimum absolute atomic E-state index is 0.467. The Bertz CT molecular complexity index is 362. The summed E-state index contributed by atoms with van der Waals surface area (Å²) in [5.41, 5.74) is 5.70. The molecule has 2 rings (SSSR count). The molecule has 1 fully saturated rings. The number of hydrogen-bond donors (Lipinski definition) is 2. The summed E-state index contributed by atoms with van der Waals surface area (Å²) in [4.78, 5) is 2.50. The van der Waals surface area contributed by atoms with Crippen LogP contribution in [0.5, 0.6) is 5.75 Å². The van der Waals surface area contributed by atoms with E-state index in [4.69, 9.17) is 10.5 Å². The van der Waals surface area contributed by atoms with E-state index in [-0.39, 0.29) is 0 Å². The van der Waals surface area contributed by atoms with Crippen molar-refractivity contribution < 1.29 is 4.74 Å². The maximum absolute atomic E-state index is 5.70. The van der Waals surface area contributed by atoms with Crippen molar-refractivity contribution in [1.29, 1.82) is 0 Å². The van der Waals surface area contributed by atoms with Crippen LogP contribution in [0.25, 0.3) is 0 Å². The Morgan fingerprint density at radius 2 is 2.24 bits per heavy atom. The predicted molar refractivity (Wildman–Crippen MR) is 71.8 cm³/mol. The monoisotopic (exact) mass is 256 g/mol. The van der Waals surface area contributed by atoms with E-state index in [2.05, 4.69) is 21.5 Å². The van der Waals surface area contributed by atoms with E-state index >= 15 is 0 Å². The first-order chi connectivity index (χ1) is 8.22. The molecule has 3 N–H and O–H groups in total. The second kappa shape index (κ2) is 5.55. The number of likely N-dealkylation sites (tertiary alicyclic amines) is 1. The molecule has 1 aromatic heterocycles. The molecule has 1 aromatic rings. The van der Waals surface area contributed by atoms with Crippen LogP contribution in [0.4, 0.5) is 10.8 Å². The Kier molecular flexibility index (Phi) is 4.06. The molecule has 1 saturated heterocycles. The van der Waals surface area contributed by atoms with Crippen LogP contribution in [0.15, 0.2) is 0 Å². The normalized spacial score (nSPS) is 18.2. The number of rotatable bonds is 5. The average molecular weight is 256 g/mol. The summed E-state index contributed by atoms with van der Waals surface area (Å²) in [5.74, 6) is 1.14. The molecule has 17 heavy (non-hydrogen) atoms. The molecule has 0 saturated carbocycles. The predicted octanol–water partition coefficient (Wildman–Crippen LogP) is 1.63. The number of nitrogens with two attached hydrogens (primary N) is 1. The van der Waals surface area contributed by atoms with E-state index in [1.165, 1.54) is 37.5 Å². The maximum Gasteiger partial charge on any atom is 0.197 e. The van der Waals surface area contributed by atoms with E-state index in [9.17, 15) is 0 Å². The molecule has 0 bridgehead atoms. The molecule has 0 aliphatic carbocycles. The van der Waals surface area contributed by atoms with Gasteiger partial charge >= 0.3 is 0 Å². The zero-order valence-corrected chi connectivity index (χ0v) is 11.2. The van der Waals surface area contributed by atoms with E-state index < -0.39 is 0 Å². The highest BCUT2D eigenvalue weighted by atomic mass is 32.1. The van der Waals surface area contributed by atoms with E-state index in [0.29, 0.717) is 17.6 Å². The molecule has 1 aliphatic heterocycles. The summed E-state index contributed by atoms with van der Waals surface area (Å²) in [5, 5.41) is 4.30. The van der Waals surface area contributed by atoms with Crippen LogP contribution in [0.1, 0.15) is 19.8 Å². The van der Waals surface area contributed by atoms with Gasteiger partial charge in [-0.15, -0.1) is 0 Å².